The smallest absolute Gasteiger partial charge is 0.339 e. The van der Waals surface area contributed by atoms with E-state index in [-0.39, 0.29) is 16.7 Å². The number of carboxylic acids is 1. The lowest BCUT2D eigenvalue weighted by atomic mass is 9.89. The van der Waals surface area contributed by atoms with Gasteiger partial charge >= 0.3 is 5.97 Å². The second-order valence-electron chi connectivity index (χ2n) is 5.39. The molecule has 0 radical (unpaired) electrons. The Morgan fingerprint density at radius 1 is 1.21 bits per heavy atom. The van der Waals surface area contributed by atoms with Crippen LogP contribution in [0.5, 0.6) is 5.75 Å². The van der Waals surface area contributed by atoms with Gasteiger partial charge in [-0.05, 0) is 24.3 Å². The highest BCUT2D eigenvalue weighted by Gasteiger charge is 2.27. The molecule has 100 valence electrons. The maximum absolute atomic E-state index is 11.3. The van der Waals surface area contributed by atoms with Crippen molar-refractivity contribution in [2.24, 2.45) is 0 Å². The van der Waals surface area contributed by atoms with Crippen molar-refractivity contribution in [3.63, 3.8) is 0 Å². The minimum absolute atomic E-state index is 0.159. The molecule has 2 N–H and O–H groups in total. The van der Waals surface area contributed by atoms with Crippen LogP contribution in [-0.2, 0) is 5.41 Å². The molecule has 0 amide bonds. The Bertz CT molecular complexity index is 607. The minimum atomic E-state index is -0.991. The summed E-state index contributed by atoms with van der Waals surface area (Å²) in [5.74, 6) is -0.832. The first-order chi connectivity index (χ1) is 8.80. The third-order valence-electron chi connectivity index (χ3n) is 2.80. The van der Waals surface area contributed by atoms with Crippen molar-refractivity contribution in [1.82, 2.24) is 9.78 Å². The first-order valence-electron chi connectivity index (χ1n) is 5.92. The van der Waals surface area contributed by atoms with Crippen LogP contribution < -0.4 is 0 Å². The van der Waals surface area contributed by atoms with E-state index in [0.29, 0.717) is 5.69 Å². The molecule has 0 atom stereocenters. The molecule has 0 saturated carbocycles. The predicted octanol–water partition coefficient (Wildman–Crippen LogP) is 2.57. The van der Waals surface area contributed by atoms with Gasteiger partial charge in [0.05, 0.1) is 17.6 Å². The Morgan fingerprint density at radius 3 is 2.26 bits per heavy atom. The minimum Gasteiger partial charge on any atom is -0.508 e. The highest BCUT2D eigenvalue weighted by atomic mass is 16.4. The molecule has 0 bridgehead atoms. The molecule has 0 saturated heterocycles. The summed E-state index contributed by atoms with van der Waals surface area (Å²) >= 11 is 0. The highest BCUT2D eigenvalue weighted by Crippen LogP contribution is 2.28. The summed E-state index contributed by atoms with van der Waals surface area (Å²) in [4.78, 5) is 11.3. The number of hydrogen-bond donors (Lipinski definition) is 2. The quantitative estimate of drug-likeness (QED) is 0.870. The van der Waals surface area contributed by atoms with Crippen LogP contribution in [0.3, 0.4) is 0 Å². The molecule has 2 aromatic rings. The summed E-state index contributed by atoms with van der Waals surface area (Å²) in [5, 5.41) is 22.7. The number of nitrogens with zero attached hydrogens (tertiary/aromatic N) is 2. The number of rotatable bonds is 2. The van der Waals surface area contributed by atoms with Crippen LogP contribution in [0.25, 0.3) is 5.69 Å². The van der Waals surface area contributed by atoms with E-state index >= 15 is 0 Å². The third kappa shape index (κ3) is 2.45. The van der Waals surface area contributed by atoms with Crippen LogP contribution in [0, 0.1) is 0 Å². The van der Waals surface area contributed by atoms with Gasteiger partial charge in [-0.15, -0.1) is 0 Å². The van der Waals surface area contributed by atoms with E-state index in [1.165, 1.54) is 6.20 Å². The van der Waals surface area contributed by atoms with Gasteiger partial charge in [0.15, 0.2) is 0 Å². The fourth-order valence-electron chi connectivity index (χ4n) is 2.02. The standard InChI is InChI=1S/C14H16N2O3/c1-14(2,3)12-11(13(18)19)8-15-16(12)9-4-6-10(17)7-5-9/h4-8,17H,1-3H3,(H,18,19). The number of phenolic OH excluding ortho intramolecular Hbond substituents is 1. The van der Waals surface area contributed by atoms with Gasteiger partial charge in [0, 0.05) is 5.41 Å². The maximum atomic E-state index is 11.3. The van der Waals surface area contributed by atoms with E-state index in [1.807, 2.05) is 20.8 Å². The molecule has 5 nitrogen and oxygen atoms in total. The Kier molecular flexibility index (Phi) is 3.06. The molecule has 0 fully saturated rings. The van der Waals surface area contributed by atoms with Crippen molar-refractivity contribution >= 4 is 5.97 Å². The molecular weight excluding hydrogens is 244 g/mol. The number of carboxylic acid groups (broad SMARTS) is 1. The van der Waals surface area contributed by atoms with Crippen LogP contribution in [0.4, 0.5) is 0 Å². The molecule has 1 heterocycles. The van der Waals surface area contributed by atoms with Crippen LogP contribution in [0.1, 0.15) is 36.8 Å². The molecule has 1 aromatic heterocycles. The van der Waals surface area contributed by atoms with Crippen molar-refractivity contribution in [3.8, 4) is 11.4 Å². The summed E-state index contributed by atoms with van der Waals surface area (Å²) in [6.07, 6.45) is 1.36. The second-order valence-corrected chi connectivity index (χ2v) is 5.39. The van der Waals surface area contributed by atoms with E-state index in [4.69, 9.17) is 0 Å². The van der Waals surface area contributed by atoms with E-state index in [9.17, 15) is 15.0 Å². The number of aromatic hydroxyl groups is 1. The van der Waals surface area contributed by atoms with Crippen LogP contribution in [0.15, 0.2) is 30.5 Å². The van der Waals surface area contributed by atoms with Gasteiger partial charge in [0.25, 0.3) is 0 Å². The summed E-state index contributed by atoms with van der Waals surface area (Å²) in [5.41, 5.74) is 1.18. The zero-order chi connectivity index (χ0) is 14.2. The molecule has 1 aromatic carbocycles. The summed E-state index contributed by atoms with van der Waals surface area (Å²) in [6, 6.07) is 6.49. The van der Waals surface area contributed by atoms with Crippen molar-refractivity contribution in [1.29, 1.82) is 0 Å². The molecule has 0 aliphatic heterocycles. The van der Waals surface area contributed by atoms with E-state index in [1.54, 1.807) is 28.9 Å². The molecule has 19 heavy (non-hydrogen) atoms. The Morgan fingerprint density at radius 2 is 1.79 bits per heavy atom. The Labute approximate surface area is 111 Å². The number of phenols is 1. The van der Waals surface area contributed by atoms with E-state index < -0.39 is 5.97 Å². The lowest BCUT2D eigenvalue weighted by molar-refractivity contribution is 0.0694. The highest BCUT2D eigenvalue weighted by molar-refractivity contribution is 5.89. The molecule has 0 aliphatic rings. The monoisotopic (exact) mass is 260 g/mol. The first kappa shape index (κ1) is 13.1. The fourth-order valence-corrected chi connectivity index (χ4v) is 2.02. The number of hydrogen-bond acceptors (Lipinski definition) is 3. The van der Waals surface area contributed by atoms with E-state index in [0.717, 1.165) is 5.69 Å². The van der Waals surface area contributed by atoms with Gasteiger partial charge in [0.1, 0.15) is 11.3 Å². The van der Waals surface area contributed by atoms with E-state index in [2.05, 4.69) is 5.10 Å². The van der Waals surface area contributed by atoms with Crippen molar-refractivity contribution in [2.75, 3.05) is 0 Å². The second kappa shape index (κ2) is 4.42. The number of benzene rings is 1. The average molecular weight is 260 g/mol. The molecule has 2 rings (SSSR count). The molecule has 0 aliphatic carbocycles. The number of carbonyl (C=O) groups is 1. The zero-order valence-corrected chi connectivity index (χ0v) is 11.1. The lowest BCUT2D eigenvalue weighted by Crippen LogP contribution is -2.20. The molecule has 0 spiro atoms. The largest absolute Gasteiger partial charge is 0.508 e. The van der Waals surface area contributed by atoms with Gasteiger partial charge in [-0.25, -0.2) is 9.48 Å². The Hall–Kier alpha value is -2.30. The van der Waals surface area contributed by atoms with Gasteiger partial charge in [0.2, 0.25) is 0 Å². The third-order valence-corrected chi connectivity index (χ3v) is 2.80. The van der Waals surface area contributed by atoms with Gasteiger partial charge < -0.3 is 10.2 Å². The van der Waals surface area contributed by atoms with Gasteiger partial charge in [-0.3, -0.25) is 0 Å². The SMILES string of the molecule is CC(C)(C)c1c(C(=O)O)cnn1-c1ccc(O)cc1. The lowest BCUT2D eigenvalue weighted by Gasteiger charge is -2.21. The van der Waals surface area contributed by atoms with Crippen LogP contribution >= 0.6 is 0 Å². The van der Waals surface area contributed by atoms with Crippen molar-refractivity contribution in [3.05, 3.63) is 41.7 Å². The normalized spacial score (nSPS) is 11.5. The first-order valence-corrected chi connectivity index (χ1v) is 5.92. The van der Waals surface area contributed by atoms with Crippen LogP contribution in [-0.4, -0.2) is 26.0 Å². The summed E-state index contributed by atoms with van der Waals surface area (Å²) in [6.45, 7) is 5.81. The molecular formula is C14H16N2O3. The summed E-state index contributed by atoms with van der Waals surface area (Å²) in [7, 11) is 0. The van der Waals surface area contributed by atoms with Gasteiger partial charge in [-0.1, -0.05) is 20.8 Å². The number of aromatic carboxylic acids is 1. The number of aromatic nitrogens is 2. The molecule has 5 heteroatoms. The fraction of sp³-hybridized carbons (Fsp3) is 0.286. The Balaban J connectivity index is 2.64. The molecule has 0 unspecified atom stereocenters. The van der Waals surface area contributed by atoms with Crippen LogP contribution in [0.2, 0.25) is 0 Å². The predicted molar refractivity (Wildman–Crippen MR) is 70.9 cm³/mol. The van der Waals surface area contributed by atoms with Crippen molar-refractivity contribution in [2.45, 2.75) is 26.2 Å². The van der Waals surface area contributed by atoms with Gasteiger partial charge in [-0.2, -0.15) is 5.10 Å². The zero-order valence-electron chi connectivity index (χ0n) is 11.1. The average Bonchev–Trinajstić information content (AvgIpc) is 2.74. The topological polar surface area (TPSA) is 75.3 Å². The summed E-state index contributed by atoms with van der Waals surface area (Å²) < 4.78 is 1.60. The van der Waals surface area contributed by atoms with Crippen molar-refractivity contribution < 1.29 is 15.0 Å². The maximum Gasteiger partial charge on any atom is 0.339 e.